The summed E-state index contributed by atoms with van der Waals surface area (Å²) in [5.74, 6) is 1.36. The zero-order valence-electron chi connectivity index (χ0n) is 22.5. The molecule has 4 nitrogen and oxygen atoms in total. The molecule has 2 bridgehead atoms. The van der Waals surface area contributed by atoms with Crippen molar-refractivity contribution in [3.05, 3.63) is 70.8 Å². The van der Waals surface area contributed by atoms with Crippen LogP contribution < -0.4 is 0 Å². The van der Waals surface area contributed by atoms with Crippen molar-refractivity contribution in [2.45, 2.75) is 90.3 Å². The summed E-state index contributed by atoms with van der Waals surface area (Å²) in [4.78, 5) is 26.4. The Hall–Kier alpha value is -2.62. The molecule has 3 aliphatic rings. The Labute approximate surface area is 215 Å². The van der Waals surface area contributed by atoms with E-state index in [-0.39, 0.29) is 28.9 Å². The second-order valence-electron chi connectivity index (χ2n) is 13.3. The lowest BCUT2D eigenvalue weighted by Crippen LogP contribution is -2.37. The molecule has 3 saturated carbocycles. The maximum absolute atomic E-state index is 13.2. The summed E-state index contributed by atoms with van der Waals surface area (Å²) in [7, 11) is 0. The molecule has 3 fully saturated rings. The standard InChI is InChI=1S/C32H40O4/c1-31(2,3)23-13-9-19(10-14-23)29(33)35-26-18-25-21-7-8-22(17-21)27(25)28(26)36-30(34)20-11-15-24(16-12-20)32(4,5)6/h9-16,21-22,25-28H,7-8,17-18H2,1-6H3. The molecule has 0 aromatic heterocycles. The minimum Gasteiger partial charge on any atom is -0.455 e. The van der Waals surface area contributed by atoms with Gasteiger partial charge in [-0.05, 0) is 89.7 Å². The highest BCUT2D eigenvalue weighted by atomic mass is 16.6. The maximum Gasteiger partial charge on any atom is 0.338 e. The van der Waals surface area contributed by atoms with E-state index in [2.05, 4.69) is 41.5 Å². The fraction of sp³-hybridized carbons (Fsp3) is 0.562. The molecular formula is C32H40O4. The van der Waals surface area contributed by atoms with E-state index in [4.69, 9.17) is 9.47 Å². The summed E-state index contributed by atoms with van der Waals surface area (Å²) in [6, 6.07) is 15.4. The molecule has 4 heteroatoms. The van der Waals surface area contributed by atoms with Gasteiger partial charge in [0.25, 0.3) is 0 Å². The first-order chi connectivity index (χ1) is 16.9. The highest BCUT2D eigenvalue weighted by Gasteiger charge is 2.59. The van der Waals surface area contributed by atoms with Crippen molar-refractivity contribution in [2.75, 3.05) is 0 Å². The van der Waals surface area contributed by atoms with Crippen LogP contribution in [-0.4, -0.2) is 24.1 Å². The van der Waals surface area contributed by atoms with Gasteiger partial charge in [-0.15, -0.1) is 0 Å². The van der Waals surface area contributed by atoms with Gasteiger partial charge in [-0.2, -0.15) is 0 Å². The van der Waals surface area contributed by atoms with E-state index >= 15 is 0 Å². The fourth-order valence-corrected chi connectivity index (χ4v) is 6.85. The minimum absolute atomic E-state index is 0.0224. The normalized spacial score (nSPS) is 29.2. The Morgan fingerprint density at radius 2 is 1.14 bits per heavy atom. The molecule has 2 aromatic rings. The van der Waals surface area contributed by atoms with E-state index in [0.29, 0.717) is 34.8 Å². The van der Waals surface area contributed by atoms with Gasteiger partial charge in [-0.1, -0.05) is 65.8 Å². The predicted octanol–water partition coefficient (Wildman–Crippen LogP) is 7.10. The van der Waals surface area contributed by atoms with Gasteiger partial charge in [-0.25, -0.2) is 9.59 Å². The average molecular weight is 489 g/mol. The number of esters is 2. The molecule has 0 N–H and O–H groups in total. The van der Waals surface area contributed by atoms with Crippen molar-refractivity contribution < 1.29 is 19.1 Å². The van der Waals surface area contributed by atoms with E-state index in [1.54, 1.807) is 0 Å². The molecule has 6 atom stereocenters. The Kier molecular flexibility index (Phi) is 6.29. The SMILES string of the molecule is CC(C)(C)c1ccc(C(=O)OC2CC3C4CCC(C4)C3C2OC(=O)c2ccc(C(C)(C)C)cc2)cc1. The zero-order chi connectivity index (χ0) is 25.8. The summed E-state index contributed by atoms with van der Waals surface area (Å²) in [5.41, 5.74) is 3.50. The second kappa shape index (κ2) is 9.04. The molecule has 0 radical (unpaired) electrons. The van der Waals surface area contributed by atoms with Crippen LogP contribution in [0.2, 0.25) is 0 Å². The molecule has 5 rings (SSSR count). The topological polar surface area (TPSA) is 52.6 Å². The minimum atomic E-state index is -0.393. The fourth-order valence-electron chi connectivity index (χ4n) is 6.85. The largest absolute Gasteiger partial charge is 0.455 e. The molecule has 6 unspecified atom stereocenters. The molecule has 3 aliphatic carbocycles. The zero-order valence-corrected chi connectivity index (χ0v) is 22.5. The van der Waals surface area contributed by atoms with Crippen molar-refractivity contribution >= 4 is 11.9 Å². The lowest BCUT2D eigenvalue weighted by Gasteiger charge is -2.29. The number of fused-ring (bicyclic) bond motifs is 5. The van der Waals surface area contributed by atoms with Crippen LogP contribution in [0, 0.1) is 23.7 Å². The first-order valence-corrected chi connectivity index (χ1v) is 13.5. The number of ether oxygens (including phenoxy) is 2. The highest BCUT2D eigenvalue weighted by Crippen LogP contribution is 2.60. The van der Waals surface area contributed by atoms with Gasteiger partial charge in [0.1, 0.15) is 12.2 Å². The van der Waals surface area contributed by atoms with E-state index in [1.807, 2.05) is 48.5 Å². The molecule has 0 saturated heterocycles. The van der Waals surface area contributed by atoms with Gasteiger partial charge in [0.05, 0.1) is 11.1 Å². The Morgan fingerprint density at radius 3 is 1.64 bits per heavy atom. The van der Waals surface area contributed by atoms with Gasteiger partial charge < -0.3 is 9.47 Å². The van der Waals surface area contributed by atoms with Crippen molar-refractivity contribution in [3.63, 3.8) is 0 Å². The average Bonchev–Trinajstić information content (AvgIpc) is 3.52. The Morgan fingerprint density at radius 1 is 0.667 bits per heavy atom. The molecule has 2 aromatic carbocycles. The van der Waals surface area contributed by atoms with Crippen LogP contribution in [0.4, 0.5) is 0 Å². The third kappa shape index (κ3) is 4.71. The summed E-state index contributed by atoms with van der Waals surface area (Å²) < 4.78 is 12.3. The van der Waals surface area contributed by atoms with E-state index in [0.717, 1.165) is 6.42 Å². The van der Waals surface area contributed by atoms with Gasteiger partial charge in [0.2, 0.25) is 0 Å². The van der Waals surface area contributed by atoms with Crippen LogP contribution >= 0.6 is 0 Å². The summed E-state index contributed by atoms with van der Waals surface area (Å²) in [6.45, 7) is 12.9. The van der Waals surface area contributed by atoms with E-state index < -0.39 is 6.10 Å². The highest BCUT2D eigenvalue weighted by molar-refractivity contribution is 5.90. The van der Waals surface area contributed by atoms with Crippen molar-refractivity contribution in [2.24, 2.45) is 23.7 Å². The molecular weight excluding hydrogens is 448 g/mol. The lowest BCUT2D eigenvalue weighted by atomic mass is 9.81. The smallest absolute Gasteiger partial charge is 0.338 e. The molecule has 0 heterocycles. The van der Waals surface area contributed by atoms with Crippen molar-refractivity contribution in [1.82, 2.24) is 0 Å². The van der Waals surface area contributed by atoms with Gasteiger partial charge >= 0.3 is 11.9 Å². The molecule has 36 heavy (non-hydrogen) atoms. The quantitative estimate of drug-likeness (QED) is 0.431. The van der Waals surface area contributed by atoms with Crippen LogP contribution in [-0.2, 0) is 20.3 Å². The van der Waals surface area contributed by atoms with Crippen LogP contribution in [0.25, 0.3) is 0 Å². The Balaban J connectivity index is 1.33. The number of hydrogen-bond donors (Lipinski definition) is 0. The van der Waals surface area contributed by atoms with Crippen molar-refractivity contribution in [3.8, 4) is 0 Å². The van der Waals surface area contributed by atoms with Crippen LogP contribution in [0.15, 0.2) is 48.5 Å². The third-order valence-corrected chi connectivity index (χ3v) is 8.88. The summed E-state index contributed by atoms with van der Waals surface area (Å²) >= 11 is 0. The van der Waals surface area contributed by atoms with Crippen molar-refractivity contribution in [1.29, 1.82) is 0 Å². The predicted molar refractivity (Wildman–Crippen MR) is 141 cm³/mol. The van der Waals surface area contributed by atoms with Gasteiger partial charge in [0.15, 0.2) is 0 Å². The number of carbonyl (C=O) groups is 2. The first-order valence-electron chi connectivity index (χ1n) is 13.5. The number of benzene rings is 2. The lowest BCUT2D eigenvalue weighted by molar-refractivity contribution is -0.0416. The number of carbonyl (C=O) groups excluding carboxylic acids is 2. The monoisotopic (exact) mass is 488 g/mol. The number of rotatable bonds is 4. The van der Waals surface area contributed by atoms with Gasteiger partial charge in [0, 0.05) is 5.92 Å². The summed E-state index contributed by atoms with van der Waals surface area (Å²) in [5, 5.41) is 0. The van der Waals surface area contributed by atoms with Gasteiger partial charge in [-0.3, -0.25) is 0 Å². The van der Waals surface area contributed by atoms with Crippen LogP contribution in [0.3, 0.4) is 0 Å². The van der Waals surface area contributed by atoms with Crippen LogP contribution in [0.5, 0.6) is 0 Å². The van der Waals surface area contributed by atoms with Crippen LogP contribution in [0.1, 0.15) is 99.1 Å². The van der Waals surface area contributed by atoms with E-state index in [1.165, 1.54) is 30.4 Å². The Bertz CT molecular complexity index is 1120. The third-order valence-electron chi connectivity index (χ3n) is 8.88. The molecule has 0 aliphatic heterocycles. The molecule has 0 spiro atoms. The maximum atomic E-state index is 13.2. The van der Waals surface area contributed by atoms with E-state index in [9.17, 15) is 9.59 Å². The second-order valence-corrected chi connectivity index (χ2v) is 13.3. The molecule has 192 valence electrons. The first kappa shape index (κ1) is 25.0. The number of hydrogen-bond acceptors (Lipinski definition) is 4. The molecule has 0 amide bonds. The summed E-state index contributed by atoms with van der Waals surface area (Å²) in [6.07, 6.45) is 3.68.